The maximum Gasteiger partial charge on any atom is 0.262 e. The van der Waals surface area contributed by atoms with E-state index in [0.29, 0.717) is 41.5 Å². The molecule has 0 aliphatic heterocycles. The van der Waals surface area contributed by atoms with E-state index in [1.807, 2.05) is 12.1 Å². The van der Waals surface area contributed by atoms with Gasteiger partial charge in [-0.3, -0.25) is 14.2 Å². The van der Waals surface area contributed by atoms with Gasteiger partial charge in [0.25, 0.3) is 5.56 Å². The van der Waals surface area contributed by atoms with Crippen LogP contribution in [0.15, 0.2) is 57.0 Å². The fraction of sp³-hybridized carbons (Fsp3) is 0.316. The number of amides is 1. The van der Waals surface area contributed by atoms with Crippen LogP contribution in [0.3, 0.4) is 0 Å². The highest BCUT2D eigenvalue weighted by Gasteiger charge is 2.19. The molecule has 1 amide bonds. The molecule has 0 spiro atoms. The quantitative estimate of drug-likeness (QED) is 0.472. The van der Waals surface area contributed by atoms with Crippen molar-refractivity contribution in [3.05, 3.63) is 58.8 Å². The van der Waals surface area contributed by atoms with E-state index in [-0.39, 0.29) is 11.5 Å². The smallest absolute Gasteiger partial charge is 0.262 e. The summed E-state index contributed by atoms with van der Waals surface area (Å²) in [5.74, 6) is 0.526. The number of hydrogen-bond donors (Lipinski definition) is 1. The van der Waals surface area contributed by atoms with E-state index < -0.39 is 5.25 Å². The van der Waals surface area contributed by atoms with Crippen molar-refractivity contribution in [3.63, 3.8) is 0 Å². The molecule has 0 aliphatic carbocycles. The zero-order valence-corrected chi connectivity index (χ0v) is 16.0. The summed E-state index contributed by atoms with van der Waals surface area (Å²) in [7, 11) is 1.58. The second-order valence-corrected chi connectivity index (χ2v) is 7.23. The zero-order chi connectivity index (χ0) is 19.2. The summed E-state index contributed by atoms with van der Waals surface area (Å²) >= 11 is 1.25. The summed E-state index contributed by atoms with van der Waals surface area (Å²) in [6, 6.07) is 10.8. The molecule has 0 saturated heterocycles. The fourth-order valence-corrected chi connectivity index (χ4v) is 3.52. The van der Waals surface area contributed by atoms with E-state index in [9.17, 15) is 9.59 Å². The summed E-state index contributed by atoms with van der Waals surface area (Å²) in [6.07, 6.45) is 1.56. The Morgan fingerprint density at radius 2 is 2.15 bits per heavy atom. The minimum absolute atomic E-state index is 0.136. The van der Waals surface area contributed by atoms with Gasteiger partial charge in [-0.25, -0.2) is 4.98 Å². The average molecular weight is 387 g/mol. The lowest BCUT2D eigenvalue weighted by Crippen LogP contribution is -2.32. The number of methoxy groups -OCH3 is 1. The number of hydrogen-bond acceptors (Lipinski definition) is 6. The normalized spacial score (nSPS) is 12.2. The first kappa shape index (κ1) is 19.2. The molecule has 0 bridgehead atoms. The summed E-state index contributed by atoms with van der Waals surface area (Å²) in [5, 5.41) is 3.44. The molecule has 3 aromatic rings. The number of carbonyl (C=O) groups excluding carboxylic acids is 1. The van der Waals surface area contributed by atoms with Gasteiger partial charge in [-0.05, 0) is 31.2 Å². The van der Waals surface area contributed by atoms with Gasteiger partial charge < -0.3 is 14.5 Å². The Kier molecular flexibility index (Phi) is 6.31. The van der Waals surface area contributed by atoms with Crippen LogP contribution in [0.2, 0.25) is 0 Å². The van der Waals surface area contributed by atoms with Crippen molar-refractivity contribution in [1.82, 2.24) is 14.9 Å². The lowest BCUT2D eigenvalue weighted by Gasteiger charge is -2.16. The number of thioether (sulfide) groups is 1. The van der Waals surface area contributed by atoms with E-state index in [0.717, 1.165) is 0 Å². The minimum Gasteiger partial charge on any atom is -0.467 e. The molecular formula is C19H21N3O4S. The van der Waals surface area contributed by atoms with Crippen molar-refractivity contribution in [2.24, 2.45) is 0 Å². The molecule has 0 unspecified atom stereocenters. The Morgan fingerprint density at radius 1 is 1.33 bits per heavy atom. The highest BCUT2D eigenvalue weighted by Crippen LogP contribution is 2.22. The van der Waals surface area contributed by atoms with E-state index in [1.165, 1.54) is 11.8 Å². The van der Waals surface area contributed by atoms with Crippen LogP contribution in [0.1, 0.15) is 12.7 Å². The minimum atomic E-state index is -0.429. The van der Waals surface area contributed by atoms with E-state index in [4.69, 9.17) is 9.15 Å². The SMILES string of the molecule is COCCn1c(S[C@@H](C)C(=O)NCc2ccco2)nc2ccccc2c1=O. The number of nitrogens with zero attached hydrogens (tertiary/aromatic N) is 2. The third kappa shape index (κ3) is 4.58. The third-order valence-electron chi connectivity index (χ3n) is 4.01. The highest BCUT2D eigenvalue weighted by molar-refractivity contribution is 8.00. The predicted molar refractivity (Wildman–Crippen MR) is 104 cm³/mol. The average Bonchev–Trinajstić information content (AvgIpc) is 3.19. The van der Waals surface area contributed by atoms with Gasteiger partial charge in [0.15, 0.2) is 5.16 Å². The number of furan rings is 1. The maximum atomic E-state index is 12.8. The van der Waals surface area contributed by atoms with Gasteiger partial charge in [-0.15, -0.1) is 0 Å². The van der Waals surface area contributed by atoms with Crippen molar-refractivity contribution in [2.45, 2.75) is 30.4 Å². The summed E-state index contributed by atoms with van der Waals surface area (Å²) in [6.45, 7) is 2.85. The van der Waals surface area contributed by atoms with Crippen LogP contribution < -0.4 is 10.9 Å². The Balaban J connectivity index is 1.81. The molecule has 2 heterocycles. The van der Waals surface area contributed by atoms with Crippen molar-refractivity contribution >= 4 is 28.6 Å². The number of aromatic nitrogens is 2. The number of carbonyl (C=O) groups is 1. The number of rotatable bonds is 8. The molecule has 27 heavy (non-hydrogen) atoms. The molecule has 7 nitrogen and oxygen atoms in total. The van der Waals surface area contributed by atoms with Gasteiger partial charge >= 0.3 is 0 Å². The molecule has 0 radical (unpaired) electrons. The van der Waals surface area contributed by atoms with Gasteiger partial charge in [-0.2, -0.15) is 0 Å². The second-order valence-electron chi connectivity index (χ2n) is 5.92. The van der Waals surface area contributed by atoms with Crippen molar-refractivity contribution in [1.29, 1.82) is 0 Å². The van der Waals surface area contributed by atoms with Gasteiger partial charge in [0, 0.05) is 7.11 Å². The molecule has 0 fully saturated rings. The van der Waals surface area contributed by atoms with Crippen molar-refractivity contribution in [2.75, 3.05) is 13.7 Å². The fourth-order valence-electron chi connectivity index (χ4n) is 2.56. The highest BCUT2D eigenvalue weighted by atomic mass is 32.2. The van der Waals surface area contributed by atoms with Crippen LogP contribution in [0, 0.1) is 0 Å². The number of nitrogens with one attached hydrogen (secondary N) is 1. The zero-order valence-electron chi connectivity index (χ0n) is 15.2. The number of para-hydroxylation sites is 1. The van der Waals surface area contributed by atoms with E-state index in [1.54, 1.807) is 49.1 Å². The molecule has 1 N–H and O–H groups in total. The monoisotopic (exact) mass is 387 g/mol. The first-order valence-electron chi connectivity index (χ1n) is 8.55. The number of ether oxygens (including phenoxy) is 1. The molecule has 3 rings (SSSR count). The number of fused-ring (bicyclic) bond motifs is 1. The Labute approximate surface area is 160 Å². The summed E-state index contributed by atoms with van der Waals surface area (Å²) in [4.78, 5) is 29.8. The second kappa shape index (κ2) is 8.88. The van der Waals surface area contributed by atoms with Crippen LogP contribution >= 0.6 is 11.8 Å². The summed E-state index contributed by atoms with van der Waals surface area (Å²) < 4.78 is 11.9. The number of benzene rings is 1. The summed E-state index contributed by atoms with van der Waals surface area (Å²) in [5.41, 5.74) is 0.477. The largest absolute Gasteiger partial charge is 0.467 e. The Morgan fingerprint density at radius 3 is 2.89 bits per heavy atom. The topological polar surface area (TPSA) is 86.4 Å². The maximum absolute atomic E-state index is 12.8. The van der Waals surface area contributed by atoms with Crippen molar-refractivity contribution in [3.8, 4) is 0 Å². The first-order chi connectivity index (χ1) is 13.1. The molecule has 142 valence electrons. The molecular weight excluding hydrogens is 366 g/mol. The van der Waals surface area contributed by atoms with Gasteiger partial charge in [0.1, 0.15) is 5.76 Å². The molecule has 1 aromatic carbocycles. The van der Waals surface area contributed by atoms with Gasteiger partial charge in [0.05, 0.1) is 42.1 Å². The standard InChI is InChI=1S/C19H21N3O4S/c1-13(17(23)20-12-14-6-5-10-26-14)27-19-21-16-8-4-3-7-15(16)18(24)22(19)9-11-25-2/h3-8,10,13H,9,11-12H2,1-2H3,(H,20,23)/t13-/m0/s1. The Bertz CT molecular complexity index is 969. The van der Waals surface area contributed by atoms with Crippen molar-refractivity contribution < 1.29 is 13.9 Å². The van der Waals surface area contributed by atoms with Gasteiger partial charge in [0.2, 0.25) is 5.91 Å². The first-order valence-corrected chi connectivity index (χ1v) is 9.43. The van der Waals surface area contributed by atoms with Crippen LogP contribution in [0.4, 0.5) is 0 Å². The third-order valence-corrected chi connectivity index (χ3v) is 5.10. The van der Waals surface area contributed by atoms with Crippen LogP contribution in [0.25, 0.3) is 10.9 Å². The molecule has 2 aromatic heterocycles. The molecule has 0 saturated carbocycles. The van der Waals surface area contributed by atoms with Crippen LogP contribution in [0.5, 0.6) is 0 Å². The predicted octanol–water partition coefficient (Wildman–Crippen LogP) is 2.43. The molecule has 0 aliphatic rings. The Hall–Kier alpha value is -2.58. The molecule has 1 atom stereocenters. The van der Waals surface area contributed by atoms with E-state index >= 15 is 0 Å². The van der Waals surface area contributed by atoms with E-state index in [2.05, 4.69) is 10.3 Å². The van der Waals surface area contributed by atoms with Crippen LogP contribution in [-0.4, -0.2) is 34.4 Å². The van der Waals surface area contributed by atoms with Crippen LogP contribution in [-0.2, 0) is 22.6 Å². The lowest BCUT2D eigenvalue weighted by atomic mass is 10.2. The lowest BCUT2D eigenvalue weighted by molar-refractivity contribution is -0.120. The molecule has 8 heteroatoms. The van der Waals surface area contributed by atoms with Gasteiger partial charge in [-0.1, -0.05) is 23.9 Å².